The first-order valence-electron chi connectivity index (χ1n) is 7.16. The molecule has 1 N–H and O–H groups in total. The molecule has 0 aromatic carbocycles. The fourth-order valence-electron chi connectivity index (χ4n) is 2.21. The summed E-state index contributed by atoms with van der Waals surface area (Å²) in [5.74, 6) is -2.78. The number of hydrogen-bond donors (Lipinski definition) is 1. The van der Waals surface area contributed by atoms with Crippen LogP contribution in [0.1, 0.15) is 27.7 Å². The van der Waals surface area contributed by atoms with Gasteiger partial charge in [0.2, 0.25) is 12.2 Å². The highest BCUT2D eigenvalue weighted by atomic mass is 19.1. The number of esters is 3. The number of halogens is 1. The van der Waals surface area contributed by atoms with E-state index in [1.165, 1.54) is 0 Å². The maximum absolute atomic E-state index is 14.6. The van der Waals surface area contributed by atoms with Gasteiger partial charge < -0.3 is 24.3 Å². The third-order valence-corrected chi connectivity index (χ3v) is 3.03. The SMILES string of the molecule is CC(=O)N[C@H]1[C@@H](OC(C)=O)O[C@H](COC(C)=O)[C@@H](F)[C@@H]1OC(C)=O. The van der Waals surface area contributed by atoms with Crippen molar-refractivity contribution < 1.29 is 42.5 Å². The summed E-state index contributed by atoms with van der Waals surface area (Å²) in [6, 6.07) is -1.25. The van der Waals surface area contributed by atoms with Gasteiger partial charge in [-0.25, -0.2) is 4.39 Å². The minimum atomic E-state index is -1.92. The number of hydrogen-bond acceptors (Lipinski definition) is 8. The highest BCUT2D eigenvalue weighted by molar-refractivity contribution is 5.74. The third-order valence-electron chi connectivity index (χ3n) is 3.03. The number of nitrogens with one attached hydrogen (secondary N) is 1. The van der Waals surface area contributed by atoms with Crippen LogP contribution in [-0.2, 0) is 38.1 Å². The molecule has 10 heteroatoms. The first kappa shape index (κ1) is 19.8. The lowest BCUT2D eigenvalue weighted by atomic mass is 9.97. The van der Waals surface area contributed by atoms with E-state index in [-0.39, 0.29) is 0 Å². The van der Waals surface area contributed by atoms with E-state index >= 15 is 0 Å². The van der Waals surface area contributed by atoms with Gasteiger partial charge in [0.25, 0.3) is 0 Å². The molecule has 1 aliphatic rings. The predicted molar refractivity (Wildman–Crippen MR) is 75.1 cm³/mol. The van der Waals surface area contributed by atoms with Crippen LogP contribution in [0.2, 0.25) is 0 Å². The molecule has 5 atom stereocenters. The van der Waals surface area contributed by atoms with Crippen molar-refractivity contribution in [3.05, 3.63) is 0 Å². The van der Waals surface area contributed by atoms with E-state index < -0.39 is 61.1 Å². The van der Waals surface area contributed by atoms with Gasteiger partial charge in [0.15, 0.2) is 12.3 Å². The average molecular weight is 349 g/mol. The zero-order valence-corrected chi connectivity index (χ0v) is 13.7. The highest BCUT2D eigenvalue weighted by Gasteiger charge is 2.50. The van der Waals surface area contributed by atoms with Gasteiger partial charge >= 0.3 is 17.9 Å². The Morgan fingerprint density at radius 3 is 2.04 bits per heavy atom. The van der Waals surface area contributed by atoms with Crippen molar-refractivity contribution >= 4 is 23.8 Å². The van der Waals surface area contributed by atoms with E-state index in [9.17, 15) is 23.6 Å². The van der Waals surface area contributed by atoms with Crippen LogP contribution in [0.25, 0.3) is 0 Å². The molecule has 1 rings (SSSR count). The van der Waals surface area contributed by atoms with E-state index in [0.717, 1.165) is 27.7 Å². The Morgan fingerprint density at radius 2 is 1.58 bits per heavy atom. The van der Waals surface area contributed by atoms with Gasteiger partial charge in [-0.15, -0.1) is 0 Å². The van der Waals surface area contributed by atoms with E-state index in [4.69, 9.17) is 18.9 Å². The summed E-state index contributed by atoms with van der Waals surface area (Å²) >= 11 is 0. The molecule has 1 heterocycles. The molecular weight excluding hydrogens is 329 g/mol. The van der Waals surface area contributed by atoms with Gasteiger partial charge in [-0.1, -0.05) is 0 Å². The number of carbonyl (C=O) groups is 4. The number of rotatable bonds is 5. The minimum absolute atomic E-state index is 0.473. The van der Waals surface area contributed by atoms with Gasteiger partial charge in [-0.05, 0) is 0 Å². The van der Waals surface area contributed by atoms with Crippen LogP contribution in [0.4, 0.5) is 4.39 Å². The van der Waals surface area contributed by atoms with Crippen molar-refractivity contribution in [1.82, 2.24) is 5.32 Å². The topological polar surface area (TPSA) is 117 Å². The zero-order chi connectivity index (χ0) is 18.4. The Hall–Kier alpha value is -2.23. The summed E-state index contributed by atoms with van der Waals surface area (Å²) in [5, 5.41) is 2.34. The summed E-state index contributed by atoms with van der Waals surface area (Å²) in [6.07, 6.45) is -6.15. The molecule has 9 nitrogen and oxygen atoms in total. The molecule has 1 fully saturated rings. The van der Waals surface area contributed by atoms with Gasteiger partial charge in [-0.3, -0.25) is 19.2 Å². The molecule has 0 bridgehead atoms. The number of amides is 1. The van der Waals surface area contributed by atoms with Crippen LogP contribution < -0.4 is 5.32 Å². The molecule has 0 unspecified atom stereocenters. The lowest BCUT2D eigenvalue weighted by Gasteiger charge is -2.42. The maximum atomic E-state index is 14.6. The number of alkyl halides is 1. The molecule has 0 radical (unpaired) electrons. The molecule has 1 amide bonds. The second kappa shape index (κ2) is 8.57. The smallest absolute Gasteiger partial charge is 0.305 e. The van der Waals surface area contributed by atoms with Gasteiger partial charge in [0, 0.05) is 27.7 Å². The predicted octanol–water partition coefficient (Wildman–Crippen LogP) is -0.388. The molecule has 0 spiro atoms. The van der Waals surface area contributed by atoms with Crippen molar-refractivity contribution in [1.29, 1.82) is 0 Å². The van der Waals surface area contributed by atoms with Gasteiger partial charge in [0.1, 0.15) is 18.8 Å². The van der Waals surface area contributed by atoms with Crippen molar-refractivity contribution in [3.8, 4) is 0 Å². The largest absolute Gasteiger partial charge is 0.463 e. The van der Waals surface area contributed by atoms with E-state index in [2.05, 4.69) is 5.32 Å². The second-order valence-corrected chi connectivity index (χ2v) is 5.20. The lowest BCUT2D eigenvalue weighted by molar-refractivity contribution is -0.256. The molecule has 1 aliphatic heterocycles. The third kappa shape index (κ3) is 5.76. The Morgan fingerprint density at radius 1 is 1.00 bits per heavy atom. The zero-order valence-electron chi connectivity index (χ0n) is 13.7. The van der Waals surface area contributed by atoms with E-state index in [1.807, 2.05) is 0 Å². The number of carbonyl (C=O) groups excluding carboxylic acids is 4. The van der Waals surface area contributed by atoms with Crippen molar-refractivity contribution in [2.45, 2.75) is 58.4 Å². The fourth-order valence-corrected chi connectivity index (χ4v) is 2.21. The van der Waals surface area contributed by atoms with E-state index in [0.29, 0.717) is 0 Å². The first-order chi connectivity index (χ1) is 11.1. The van der Waals surface area contributed by atoms with E-state index in [1.54, 1.807) is 0 Å². The minimum Gasteiger partial charge on any atom is -0.463 e. The molecule has 0 aromatic rings. The van der Waals surface area contributed by atoms with Crippen LogP contribution in [0.5, 0.6) is 0 Å². The Labute approximate surface area is 137 Å². The average Bonchev–Trinajstić information content (AvgIpc) is 2.42. The van der Waals surface area contributed by atoms with Crippen LogP contribution in [0, 0.1) is 0 Å². The Bertz CT molecular complexity index is 511. The summed E-state index contributed by atoms with van der Waals surface area (Å²) in [6.45, 7) is 3.97. The molecule has 0 aliphatic carbocycles. The van der Waals surface area contributed by atoms with Crippen LogP contribution in [0.3, 0.4) is 0 Å². The fraction of sp³-hybridized carbons (Fsp3) is 0.714. The van der Waals surface area contributed by atoms with Crippen molar-refractivity contribution in [3.63, 3.8) is 0 Å². The molecule has 0 aromatic heterocycles. The van der Waals surface area contributed by atoms with Crippen molar-refractivity contribution in [2.24, 2.45) is 0 Å². The molecule has 0 saturated carbocycles. The summed E-state index contributed by atoms with van der Waals surface area (Å²) in [7, 11) is 0. The normalized spacial score (nSPS) is 29.3. The standard InChI is InChI=1S/C14H20FNO8/c1-6(17)16-12-13(22-8(3)19)11(15)10(5-21-7(2)18)24-14(12)23-9(4)20/h10-14H,5H2,1-4H3,(H,16,17)/t10-,11-,12-,13+,14+/m1/s1. The van der Waals surface area contributed by atoms with Gasteiger partial charge in [-0.2, -0.15) is 0 Å². The van der Waals surface area contributed by atoms with Crippen LogP contribution in [0.15, 0.2) is 0 Å². The van der Waals surface area contributed by atoms with Gasteiger partial charge in [0.05, 0.1) is 0 Å². The first-order valence-corrected chi connectivity index (χ1v) is 7.16. The maximum Gasteiger partial charge on any atom is 0.305 e. The molecular formula is C14H20FNO8. The Kier molecular flexibility index (Phi) is 7.08. The molecule has 24 heavy (non-hydrogen) atoms. The van der Waals surface area contributed by atoms with Crippen molar-refractivity contribution in [2.75, 3.05) is 6.61 Å². The Balaban J connectivity index is 3.07. The number of ether oxygens (including phenoxy) is 4. The molecule has 1 saturated heterocycles. The van der Waals surface area contributed by atoms with Crippen LogP contribution >= 0.6 is 0 Å². The summed E-state index contributed by atoms with van der Waals surface area (Å²) < 4.78 is 34.5. The monoisotopic (exact) mass is 349 g/mol. The molecule has 136 valence electrons. The summed E-state index contributed by atoms with van der Waals surface area (Å²) in [4.78, 5) is 44.7. The quantitative estimate of drug-likeness (QED) is 0.527. The lowest BCUT2D eigenvalue weighted by Crippen LogP contribution is -2.64. The van der Waals surface area contributed by atoms with Crippen LogP contribution in [-0.4, -0.2) is 61.1 Å². The second-order valence-electron chi connectivity index (χ2n) is 5.20. The summed E-state index contributed by atoms with van der Waals surface area (Å²) in [5.41, 5.74) is 0. The highest BCUT2D eigenvalue weighted by Crippen LogP contribution is 2.27.